The minimum atomic E-state index is 0.0828. The molecule has 1 aliphatic heterocycles. The van der Waals surface area contributed by atoms with Crippen LogP contribution >= 0.6 is 0 Å². The topological polar surface area (TPSA) is 48.5 Å². The summed E-state index contributed by atoms with van der Waals surface area (Å²) < 4.78 is 0. The third-order valence-electron chi connectivity index (χ3n) is 5.01. The van der Waals surface area contributed by atoms with Crippen LogP contribution in [0.15, 0.2) is 48.7 Å². The first kappa shape index (κ1) is 19.4. The van der Waals surface area contributed by atoms with Gasteiger partial charge < -0.3 is 10.2 Å². The van der Waals surface area contributed by atoms with Crippen molar-refractivity contribution in [1.82, 2.24) is 14.8 Å². The fraction of sp³-hybridized carbons (Fsp3) is 0.455. The largest absolute Gasteiger partial charge is 0.370 e. The number of piperazine rings is 1. The number of unbranched alkanes of at least 4 members (excludes halogenated alkanes) is 2. The highest BCUT2D eigenvalue weighted by molar-refractivity contribution is 5.94. The number of pyridine rings is 1. The average molecular weight is 367 g/mol. The molecule has 27 heavy (non-hydrogen) atoms. The summed E-state index contributed by atoms with van der Waals surface area (Å²) in [6.45, 7) is 7.42. The molecule has 0 bridgehead atoms. The van der Waals surface area contributed by atoms with Gasteiger partial charge in [-0.05, 0) is 24.1 Å². The molecule has 5 heteroatoms. The van der Waals surface area contributed by atoms with Crippen molar-refractivity contribution < 1.29 is 4.79 Å². The number of rotatable bonds is 8. The van der Waals surface area contributed by atoms with E-state index in [4.69, 9.17) is 0 Å². The molecular weight excluding hydrogens is 336 g/mol. The van der Waals surface area contributed by atoms with Crippen LogP contribution in [-0.4, -0.2) is 53.4 Å². The Morgan fingerprint density at radius 1 is 1.04 bits per heavy atom. The lowest BCUT2D eigenvalue weighted by Gasteiger charge is -2.34. The van der Waals surface area contributed by atoms with Crippen molar-refractivity contribution >= 4 is 11.7 Å². The third kappa shape index (κ3) is 5.79. The van der Waals surface area contributed by atoms with E-state index in [-0.39, 0.29) is 5.91 Å². The van der Waals surface area contributed by atoms with Gasteiger partial charge in [-0.1, -0.05) is 50.1 Å². The average Bonchev–Trinajstić information content (AvgIpc) is 2.72. The standard InChI is InChI=1S/C22H30N4O/c1-2-3-7-12-23-21-11-10-20(17-24-21)22(27)26-15-13-25(14-16-26)18-19-8-5-4-6-9-19/h4-6,8-11,17H,2-3,7,12-16,18H2,1H3,(H,23,24). The first-order valence-electron chi connectivity index (χ1n) is 10.0. The minimum Gasteiger partial charge on any atom is -0.370 e. The van der Waals surface area contributed by atoms with Crippen LogP contribution in [-0.2, 0) is 6.54 Å². The van der Waals surface area contributed by atoms with Crippen LogP contribution in [0, 0.1) is 0 Å². The second-order valence-electron chi connectivity index (χ2n) is 7.12. The molecule has 2 heterocycles. The normalized spacial score (nSPS) is 14.9. The SMILES string of the molecule is CCCCCNc1ccc(C(=O)N2CCN(Cc3ccccc3)CC2)cn1. The molecule has 1 aromatic carbocycles. The number of anilines is 1. The van der Waals surface area contributed by atoms with E-state index in [0.717, 1.165) is 51.5 Å². The Kier molecular flexibility index (Phi) is 7.22. The zero-order valence-corrected chi connectivity index (χ0v) is 16.2. The molecule has 0 radical (unpaired) electrons. The lowest BCUT2D eigenvalue weighted by Crippen LogP contribution is -2.48. The number of nitrogens with zero attached hydrogens (tertiary/aromatic N) is 3. The molecule has 0 spiro atoms. The van der Waals surface area contributed by atoms with Gasteiger partial charge in [0.1, 0.15) is 5.82 Å². The highest BCUT2D eigenvalue weighted by atomic mass is 16.2. The third-order valence-corrected chi connectivity index (χ3v) is 5.01. The Labute approximate surface area is 162 Å². The number of hydrogen-bond acceptors (Lipinski definition) is 4. The molecular formula is C22H30N4O. The molecule has 5 nitrogen and oxygen atoms in total. The van der Waals surface area contributed by atoms with E-state index in [1.54, 1.807) is 6.20 Å². The molecule has 1 N–H and O–H groups in total. The summed E-state index contributed by atoms with van der Waals surface area (Å²) in [5, 5.41) is 3.31. The first-order chi connectivity index (χ1) is 13.3. The number of benzene rings is 1. The predicted molar refractivity (Wildman–Crippen MR) is 110 cm³/mol. The Morgan fingerprint density at radius 3 is 2.48 bits per heavy atom. The highest BCUT2D eigenvalue weighted by Gasteiger charge is 2.22. The van der Waals surface area contributed by atoms with Gasteiger partial charge in [-0.2, -0.15) is 0 Å². The number of nitrogens with one attached hydrogen (secondary N) is 1. The van der Waals surface area contributed by atoms with E-state index in [1.165, 1.54) is 18.4 Å². The minimum absolute atomic E-state index is 0.0828. The van der Waals surface area contributed by atoms with Crippen molar-refractivity contribution in [1.29, 1.82) is 0 Å². The zero-order chi connectivity index (χ0) is 18.9. The molecule has 1 aliphatic rings. The number of hydrogen-bond donors (Lipinski definition) is 1. The van der Waals surface area contributed by atoms with Crippen molar-refractivity contribution in [3.8, 4) is 0 Å². The fourth-order valence-corrected chi connectivity index (χ4v) is 3.35. The Hall–Kier alpha value is -2.40. The van der Waals surface area contributed by atoms with Crippen LogP contribution in [0.1, 0.15) is 42.1 Å². The number of aromatic nitrogens is 1. The van der Waals surface area contributed by atoms with Gasteiger partial charge in [-0.3, -0.25) is 9.69 Å². The van der Waals surface area contributed by atoms with Crippen LogP contribution in [0.4, 0.5) is 5.82 Å². The molecule has 0 saturated carbocycles. The summed E-state index contributed by atoms with van der Waals surface area (Å²) in [4.78, 5) is 21.5. The molecule has 0 atom stereocenters. The van der Waals surface area contributed by atoms with Crippen LogP contribution in [0.25, 0.3) is 0 Å². The second-order valence-corrected chi connectivity index (χ2v) is 7.12. The molecule has 1 saturated heterocycles. The van der Waals surface area contributed by atoms with E-state index < -0.39 is 0 Å². The smallest absolute Gasteiger partial charge is 0.255 e. The van der Waals surface area contributed by atoms with E-state index in [0.29, 0.717) is 5.56 Å². The lowest BCUT2D eigenvalue weighted by molar-refractivity contribution is 0.0628. The summed E-state index contributed by atoms with van der Waals surface area (Å²) >= 11 is 0. The summed E-state index contributed by atoms with van der Waals surface area (Å²) in [5.74, 6) is 0.926. The molecule has 1 aromatic heterocycles. The quantitative estimate of drug-likeness (QED) is 0.725. The summed E-state index contributed by atoms with van der Waals surface area (Å²) in [5.41, 5.74) is 1.99. The van der Waals surface area contributed by atoms with Gasteiger partial charge in [-0.15, -0.1) is 0 Å². The van der Waals surface area contributed by atoms with Crippen LogP contribution in [0.2, 0.25) is 0 Å². The maximum Gasteiger partial charge on any atom is 0.255 e. The van der Waals surface area contributed by atoms with Crippen molar-refractivity contribution in [3.05, 3.63) is 59.8 Å². The number of amides is 1. The van der Waals surface area contributed by atoms with E-state index in [2.05, 4.69) is 46.4 Å². The van der Waals surface area contributed by atoms with Crippen LogP contribution in [0.5, 0.6) is 0 Å². The summed E-state index contributed by atoms with van der Waals surface area (Å²) in [6, 6.07) is 14.3. The molecule has 1 fully saturated rings. The Bertz CT molecular complexity index is 694. The second kappa shape index (κ2) is 10.1. The first-order valence-corrected chi connectivity index (χ1v) is 10.0. The number of carbonyl (C=O) groups excluding carboxylic acids is 1. The monoisotopic (exact) mass is 366 g/mol. The molecule has 1 amide bonds. The van der Waals surface area contributed by atoms with Gasteiger partial charge in [0, 0.05) is 45.5 Å². The zero-order valence-electron chi connectivity index (χ0n) is 16.2. The molecule has 2 aromatic rings. The Morgan fingerprint density at radius 2 is 1.81 bits per heavy atom. The van der Waals surface area contributed by atoms with Gasteiger partial charge >= 0.3 is 0 Å². The van der Waals surface area contributed by atoms with Gasteiger partial charge in [0.05, 0.1) is 5.56 Å². The predicted octanol–water partition coefficient (Wildman–Crippen LogP) is 3.64. The summed E-state index contributed by atoms with van der Waals surface area (Å²) in [7, 11) is 0. The van der Waals surface area contributed by atoms with Crippen molar-refractivity contribution in [3.63, 3.8) is 0 Å². The molecule has 144 valence electrons. The summed E-state index contributed by atoms with van der Waals surface area (Å²) in [6.07, 6.45) is 5.27. The van der Waals surface area contributed by atoms with E-state index in [9.17, 15) is 4.79 Å². The number of carbonyl (C=O) groups is 1. The van der Waals surface area contributed by atoms with E-state index in [1.807, 2.05) is 23.1 Å². The maximum absolute atomic E-state index is 12.7. The lowest BCUT2D eigenvalue weighted by atomic mass is 10.2. The fourth-order valence-electron chi connectivity index (χ4n) is 3.35. The van der Waals surface area contributed by atoms with Gasteiger partial charge in [0.25, 0.3) is 5.91 Å². The van der Waals surface area contributed by atoms with Crippen molar-refractivity contribution in [2.75, 3.05) is 38.0 Å². The van der Waals surface area contributed by atoms with Gasteiger partial charge in [0.15, 0.2) is 0 Å². The molecule has 0 aliphatic carbocycles. The van der Waals surface area contributed by atoms with E-state index >= 15 is 0 Å². The maximum atomic E-state index is 12.7. The van der Waals surface area contributed by atoms with Gasteiger partial charge in [0.2, 0.25) is 0 Å². The highest BCUT2D eigenvalue weighted by Crippen LogP contribution is 2.13. The Balaban J connectivity index is 1.46. The van der Waals surface area contributed by atoms with Crippen LogP contribution in [0.3, 0.4) is 0 Å². The van der Waals surface area contributed by atoms with Gasteiger partial charge in [-0.25, -0.2) is 4.98 Å². The molecule has 3 rings (SSSR count). The van der Waals surface area contributed by atoms with Crippen molar-refractivity contribution in [2.24, 2.45) is 0 Å². The van der Waals surface area contributed by atoms with Crippen molar-refractivity contribution in [2.45, 2.75) is 32.7 Å². The van der Waals surface area contributed by atoms with Crippen LogP contribution < -0.4 is 5.32 Å². The molecule has 0 unspecified atom stereocenters.